The van der Waals surface area contributed by atoms with Crippen LogP contribution in [0.1, 0.15) is 23.3 Å². The summed E-state index contributed by atoms with van der Waals surface area (Å²) in [6.45, 7) is 1.72. The number of carbonyl (C=O) groups is 1. The minimum absolute atomic E-state index is 0.0861. The molecular formula is C17H17N5OS2. The normalized spacial score (nSPS) is 15.3. The number of aromatic nitrogens is 3. The van der Waals surface area contributed by atoms with Gasteiger partial charge in [-0.15, -0.1) is 22.7 Å². The highest BCUT2D eigenvalue weighted by atomic mass is 32.1. The highest BCUT2D eigenvalue weighted by molar-refractivity contribution is 7.20. The summed E-state index contributed by atoms with van der Waals surface area (Å²) in [6, 6.07) is 4.19. The molecule has 0 saturated carbocycles. The zero-order valence-corrected chi connectivity index (χ0v) is 15.1. The number of thiophene rings is 1. The van der Waals surface area contributed by atoms with Crippen LogP contribution in [-0.2, 0) is 0 Å². The van der Waals surface area contributed by atoms with E-state index in [-0.39, 0.29) is 11.9 Å². The number of nitrogens with one attached hydrogen (secondary N) is 1. The Morgan fingerprint density at radius 3 is 2.84 bits per heavy atom. The zero-order chi connectivity index (χ0) is 17.1. The van der Waals surface area contributed by atoms with E-state index in [0.29, 0.717) is 5.69 Å². The minimum atomic E-state index is -0.0861. The van der Waals surface area contributed by atoms with Gasteiger partial charge < -0.3 is 10.2 Å². The molecule has 4 heterocycles. The smallest absolute Gasteiger partial charge is 0.270 e. The monoisotopic (exact) mass is 371 g/mol. The van der Waals surface area contributed by atoms with Gasteiger partial charge in [0.05, 0.1) is 11.1 Å². The van der Waals surface area contributed by atoms with Gasteiger partial charge in [-0.3, -0.25) is 9.78 Å². The Morgan fingerprint density at radius 2 is 2.12 bits per heavy atom. The lowest BCUT2D eigenvalue weighted by Crippen LogP contribution is -2.45. The second kappa shape index (κ2) is 7.28. The Balaban J connectivity index is 1.33. The van der Waals surface area contributed by atoms with E-state index in [4.69, 9.17) is 0 Å². The van der Waals surface area contributed by atoms with Crippen molar-refractivity contribution < 1.29 is 4.79 Å². The highest BCUT2D eigenvalue weighted by Gasteiger charge is 2.23. The molecule has 8 heteroatoms. The second-order valence-electron chi connectivity index (χ2n) is 5.81. The van der Waals surface area contributed by atoms with E-state index in [1.807, 2.05) is 22.9 Å². The molecule has 1 fully saturated rings. The fraction of sp³-hybridized carbons (Fsp3) is 0.294. The first kappa shape index (κ1) is 16.2. The average Bonchev–Trinajstić information content (AvgIpc) is 3.35. The third kappa shape index (κ3) is 3.69. The first-order valence-electron chi connectivity index (χ1n) is 8.11. The van der Waals surface area contributed by atoms with Gasteiger partial charge in [0, 0.05) is 36.9 Å². The van der Waals surface area contributed by atoms with Crippen molar-refractivity contribution in [2.75, 3.05) is 18.0 Å². The van der Waals surface area contributed by atoms with Crippen LogP contribution in [0.15, 0.2) is 41.5 Å². The van der Waals surface area contributed by atoms with Crippen LogP contribution in [0.3, 0.4) is 0 Å². The Labute approximate surface area is 153 Å². The Morgan fingerprint density at radius 1 is 1.24 bits per heavy atom. The summed E-state index contributed by atoms with van der Waals surface area (Å²) in [5.41, 5.74) is 0.504. The van der Waals surface area contributed by atoms with Crippen molar-refractivity contribution >= 4 is 34.4 Å². The molecule has 1 aliphatic heterocycles. The first-order chi connectivity index (χ1) is 12.3. The first-order valence-corrected chi connectivity index (χ1v) is 9.87. The molecule has 0 atom stereocenters. The topological polar surface area (TPSA) is 71.0 Å². The molecule has 4 rings (SSSR count). The fourth-order valence-corrected chi connectivity index (χ4v) is 4.47. The predicted molar refractivity (Wildman–Crippen MR) is 100 cm³/mol. The molecular weight excluding hydrogens is 354 g/mol. The van der Waals surface area contributed by atoms with Crippen LogP contribution in [0.2, 0.25) is 0 Å². The molecule has 0 aromatic carbocycles. The fourth-order valence-electron chi connectivity index (χ4n) is 2.86. The molecule has 1 N–H and O–H groups in total. The third-order valence-electron chi connectivity index (χ3n) is 4.17. The number of piperidine rings is 1. The van der Waals surface area contributed by atoms with E-state index < -0.39 is 0 Å². The van der Waals surface area contributed by atoms with E-state index in [0.717, 1.165) is 41.6 Å². The highest BCUT2D eigenvalue weighted by Crippen LogP contribution is 2.27. The van der Waals surface area contributed by atoms with Crippen molar-refractivity contribution in [2.45, 2.75) is 18.9 Å². The second-order valence-corrected chi connectivity index (χ2v) is 7.62. The number of hydrogen-bond acceptors (Lipinski definition) is 7. The number of amides is 1. The molecule has 3 aromatic heterocycles. The molecule has 1 amide bonds. The number of nitrogens with zero attached hydrogens (tertiary/aromatic N) is 4. The minimum Gasteiger partial charge on any atom is -0.355 e. The van der Waals surface area contributed by atoms with Gasteiger partial charge in [0.2, 0.25) is 0 Å². The van der Waals surface area contributed by atoms with Gasteiger partial charge in [-0.2, -0.15) is 0 Å². The summed E-state index contributed by atoms with van der Waals surface area (Å²) < 4.78 is 0. The summed E-state index contributed by atoms with van der Waals surface area (Å²) in [7, 11) is 0. The van der Waals surface area contributed by atoms with Crippen LogP contribution in [0.25, 0.3) is 9.88 Å². The van der Waals surface area contributed by atoms with Crippen LogP contribution >= 0.6 is 22.7 Å². The quantitative estimate of drug-likeness (QED) is 0.763. The molecule has 25 heavy (non-hydrogen) atoms. The summed E-state index contributed by atoms with van der Waals surface area (Å²) in [5.74, 6) is 0.810. The van der Waals surface area contributed by atoms with Crippen LogP contribution in [0, 0.1) is 0 Å². The molecule has 0 aliphatic carbocycles. The van der Waals surface area contributed by atoms with Gasteiger partial charge in [0.25, 0.3) is 5.91 Å². The van der Waals surface area contributed by atoms with Crippen LogP contribution < -0.4 is 10.2 Å². The zero-order valence-electron chi connectivity index (χ0n) is 13.5. The number of carbonyl (C=O) groups excluding carboxylic acids is 1. The summed E-state index contributed by atoms with van der Waals surface area (Å²) in [4.78, 5) is 28.7. The maximum Gasteiger partial charge on any atom is 0.270 e. The summed E-state index contributed by atoms with van der Waals surface area (Å²) in [5, 5.41) is 7.86. The third-order valence-corrected chi connectivity index (χ3v) is 6.05. The van der Waals surface area contributed by atoms with Crippen molar-refractivity contribution in [3.63, 3.8) is 0 Å². The van der Waals surface area contributed by atoms with Gasteiger partial charge in [-0.1, -0.05) is 6.07 Å². The van der Waals surface area contributed by atoms with Crippen molar-refractivity contribution in [1.82, 2.24) is 20.3 Å². The van der Waals surface area contributed by atoms with Gasteiger partial charge >= 0.3 is 0 Å². The van der Waals surface area contributed by atoms with E-state index in [9.17, 15) is 4.79 Å². The Kier molecular flexibility index (Phi) is 4.71. The number of anilines is 1. The standard InChI is InChI=1S/C17H17N5OS2/c23-16(13-11-25-17(21-13)14-2-1-9-24-14)20-12-3-7-22(8-4-12)15-10-18-5-6-19-15/h1-2,5-6,9-12H,3-4,7-8H2,(H,20,23). The van der Waals surface area contributed by atoms with Gasteiger partial charge in [0.1, 0.15) is 16.5 Å². The van der Waals surface area contributed by atoms with Gasteiger partial charge in [-0.25, -0.2) is 9.97 Å². The Hall–Kier alpha value is -2.32. The average molecular weight is 371 g/mol. The lowest BCUT2D eigenvalue weighted by molar-refractivity contribution is 0.0927. The number of thiazole rings is 1. The van der Waals surface area contributed by atoms with E-state index in [2.05, 4.69) is 25.2 Å². The maximum atomic E-state index is 12.4. The largest absolute Gasteiger partial charge is 0.355 e. The number of hydrogen-bond donors (Lipinski definition) is 1. The molecule has 0 spiro atoms. The molecule has 1 aliphatic rings. The summed E-state index contributed by atoms with van der Waals surface area (Å²) >= 11 is 3.14. The summed E-state index contributed by atoms with van der Waals surface area (Å²) in [6.07, 6.45) is 6.94. The lowest BCUT2D eigenvalue weighted by Gasteiger charge is -2.32. The van der Waals surface area contributed by atoms with Crippen molar-refractivity contribution in [3.8, 4) is 9.88 Å². The molecule has 0 unspecified atom stereocenters. The van der Waals surface area contributed by atoms with Crippen molar-refractivity contribution in [1.29, 1.82) is 0 Å². The van der Waals surface area contributed by atoms with E-state index >= 15 is 0 Å². The van der Waals surface area contributed by atoms with Gasteiger partial charge in [0.15, 0.2) is 0 Å². The van der Waals surface area contributed by atoms with E-state index in [1.165, 1.54) is 11.3 Å². The number of rotatable bonds is 4. The lowest BCUT2D eigenvalue weighted by atomic mass is 10.0. The van der Waals surface area contributed by atoms with Crippen molar-refractivity contribution in [3.05, 3.63) is 47.2 Å². The molecule has 0 radical (unpaired) electrons. The van der Waals surface area contributed by atoms with Crippen molar-refractivity contribution in [2.24, 2.45) is 0 Å². The SMILES string of the molecule is O=C(NC1CCN(c2cnccn2)CC1)c1csc(-c2cccs2)n1. The predicted octanol–water partition coefficient (Wildman–Crippen LogP) is 3.06. The van der Waals surface area contributed by atoms with Crippen LogP contribution in [0.4, 0.5) is 5.82 Å². The maximum absolute atomic E-state index is 12.4. The van der Waals surface area contributed by atoms with Gasteiger partial charge in [-0.05, 0) is 24.3 Å². The molecule has 1 saturated heterocycles. The van der Waals surface area contributed by atoms with Crippen LogP contribution in [-0.4, -0.2) is 40.0 Å². The molecule has 128 valence electrons. The molecule has 0 bridgehead atoms. The molecule has 6 nitrogen and oxygen atoms in total. The van der Waals surface area contributed by atoms with E-state index in [1.54, 1.807) is 29.9 Å². The van der Waals surface area contributed by atoms with Crippen LogP contribution in [0.5, 0.6) is 0 Å². The molecule has 3 aromatic rings. The Bertz CT molecular complexity index is 826.